The van der Waals surface area contributed by atoms with Crippen LogP contribution in [0.4, 0.5) is 5.82 Å². The van der Waals surface area contributed by atoms with Gasteiger partial charge in [-0.1, -0.05) is 19.9 Å². The Labute approximate surface area is 79.4 Å². The van der Waals surface area contributed by atoms with Gasteiger partial charge in [-0.25, -0.2) is 4.98 Å². The fraction of sp³-hybridized carbons (Fsp3) is 0.500. The second-order valence-electron chi connectivity index (χ2n) is 3.89. The molecule has 0 atom stereocenters. The summed E-state index contributed by atoms with van der Waals surface area (Å²) in [6.45, 7) is 5.28. The van der Waals surface area contributed by atoms with Crippen LogP contribution in [0.25, 0.3) is 0 Å². The Hall–Kier alpha value is -1.09. The zero-order valence-corrected chi connectivity index (χ0v) is 8.46. The Balaban J connectivity index is 2.87. The van der Waals surface area contributed by atoms with Crippen LogP contribution < -0.4 is 11.1 Å². The quantitative estimate of drug-likeness (QED) is 0.732. The number of rotatable bonds is 3. The monoisotopic (exact) mass is 179 g/mol. The number of hydrogen-bond acceptors (Lipinski definition) is 3. The summed E-state index contributed by atoms with van der Waals surface area (Å²) in [7, 11) is 1.95. The van der Waals surface area contributed by atoms with Gasteiger partial charge in [0.05, 0.1) is 0 Å². The lowest BCUT2D eigenvalue weighted by Crippen LogP contribution is -2.30. The number of nitrogen functional groups attached to an aromatic ring is 1. The van der Waals surface area contributed by atoms with Crippen LogP contribution in [0, 0.1) is 0 Å². The van der Waals surface area contributed by atoms with Crippen molar-refractivity contribution in [2.45, 2.75) is 19.3 Å². The van der Waals surface area contributed by atoms with Gasteiger partial charge in [0.2, 0.25) is 0 Å². The van der Waals surface area contributed by atoms with Crippen molar-refractivity contribution in [3.8, 4) is 0 Å². The van der Waals surface area contributed by atoms with Crippen molar-refractivity contribution >= 4 is 5.82 Å². The van der Waals surface area contributed by atoms with E-state index in [0.717, 1.165) is 6.54 Å². The van der Waals surface area contributed by atoms with Crippen LogP contribution in [0.1, 0.15) is 19.4 Å². The fourth-order valence-electron chi connectivity index (χ4n) is 1.35. The van der Waals surface area contributed by atoms with Gasteiger partial charge in [-0.3, -0.25) is 0 Å². The van der Waals surface area contributed by atoms with E-state index in [-0.39, 0.29) is 5.41 Å². The molecule has 0 amide bonds. The molecule has 13 heavy (non-hydrogen) atoms. The molecule has 1 rings (SSSR count). The van der Waals surface area contributed by atoms with Crippen molar-refractivity contribution in [3.63, 3.8) is 0 Å². The number of aromatic nitrogens is 1. The maximum absolute atomic E-state index is 5.52. The Kier molecular flexibility index (Phi) is 2.88. The molecule has 0 saturated carbocycles. The van der Waals surface area contributed by atoms with Crippen molar-refractivity contribution < 1.29 is 0 Å². The lowest BCUT2D eigenvalue weighted by atomic mass is 9.86. The summed E-state index contributed by atoms with van der Waals surface area (Å²) in [4.78, 5) is 4.08. The van der Waals surface area contributed by atoms with Crippen LogP contribution >= 0.6 is 0 Å². The zero-order chi connectivity index (χ0) is 9.90. The third-order valence-electron chi connectivity index (χ3n) is 2.19. The van der Waals surface area contributed by atoms with Gasteiger partial charge in [-0.05, 0) is 18.7 Å². The van der Waals surface area contributed by atoms with Crippen LogP contribution in [-0.4, -0.2) is 18.6 Å². The van der Waals surface area contributed by atoms with Gasteiger partial charge in [-0.15, -0.1) is 0 Å². The standard InChI is InChI=1S/C10H17N3/c1-10(2,7-12-3)8-4-5-9(11)13-6-8/h4-6,12H,7H2,1-3H3,(H2,11,13). The number of anilines is 1. The van der Waals surface area contributed by atoms with E-state index >= 15 is 0 Å². The lowest BCUT2D eigenvalue weighted by molar-refractivity contribution is 0.492. The molecule has 0 spiro atoms. The summed E-state index contributed by atoms with van der Waals surface area (Å²) >= 11 is 0. The summed E-state index contributed by atoms with van der Waals surface area (Å²) in [6, 6.07) is 3.87. The highest BCUT2D eigenvalue weighted by Gasteiger charge is 2.19. The zero-order valence-electron chi connectivity index (χ0n) is 8.46. The fourth-order valence-corrected chi connectivity index (χ4v) is 1.35. The average molecular weight is 179 g/mol. The molecule has 0 aliphatic heterocycles. The minimum atomic E-state index is 0.107. The van der Waals surface area contributed by atoms with E-state index in [9.17, 15) is 0 Å². The minimum absolute atomic E-state index is 0.107. The molecular weight excluding hydrogens is 162 g/mol. The van der Waals surface area contributed by atoms with Crippen molar-refractivity contribution in [1.82, 2.24) is 10.3 Å². The Bertz CT molecular complexity index is 264. The highest BCUT2D eigenvalue weighted by Crippen LogP contribution is 2.21. The largest absolute Gasteiger partial charge is 0.384 e. The second-order valence-corrected chi connectivity index (χ2v) is 3.89. The first kappa shape index (κ1) is 9.99. The van der Waals surface area contributed by atoms with Gasteiger partial charge in [0.1, 0.15) is 5.82 Å². The molecule has 0 aliphatic carbocycles. The van der Waals surface area contributed by atoms with E-state index in [1.807, 2.05) is 25.4 Å². The molecule has 0 aliphatic rings. The van der Waals surface area contributed by atoms with Gasteiger partial charge in [-0.2, -0.15) is 0 Å². The molecule has 1 aromatic rings. The number of pyridine rings is 1. The third kappa shape index (κ3) is 2.42. The number of hydrogen-bond donors (Lipinski definition) is 2. The average Bonchev–Trinajstić information content (AvgIpc) is 2.05. The molecule has 0 saturated heterocycles. The van der Waals surface area contributed by atoms with E-state index in [0.29, 0.717) is 5.82 Å². The van der Waals surface area contributed by atoms with Crippen LogP contribution in [0.2, 0.25) is 0 Å². The SMILES string of the molecule is CNCC(C)(C)c1ccc(N)nc1. The second kappa shape index (κ2) is 3.75. The summed E-state index contributed by atoms with van der Waals surface area (Å²) in [5.74, 6) is 0.573. The molecule has 0 bridgehead atoms. The molecule has 3 N–H and O–H groups in total. The maximum atomic E-state index is 5.52. The molecule has 0 fully saturated rings. The molecular formula is C10H17N3. The molecule has 3 nitrogen and oxygen atoms in total. The third-order valence-corrected chi connectivity index (χ3v) is 2.19. The van der Waals surface area contributed by atoms with Gasteiger partial charge < -0.3 is 11.1 Å². The van der Waals surface area contributed by atoms with E-state index in [2.05, 4.69) is 24.1 Å². The Morgan fingerprint density at radius 3 is 2.62 bits per heavy atom. The summed E-state index contributed by atoms with van der Waals surface area (Å²) < 4.78 is 0. The van der Waals surface area contributed by atoms with E-state index in [1.165, 1.54) is 5.56 Å². The molecule has 3 heteroatoms. The van der Waals surface area contributed by atoms with Gasteiger partial charge in [0.25, 0.3) is 0 Å². The summed E-state index contributed by atoms with van der Waals surface area (Å²) in [5, 5.41) is 3.16. The predicted octanol–water partition coefficient (Wildman–Crippen LogP) is 1.16. The van der Waals surface area contributed by atoms with Gasteiger partial charge >= 0.3 is 0 Å². The Morgan fingerprint density at radius 1 is 1.46 bits per heavy atom. The van der Waals surface area contributed by atoms with Gasteiger partial charge in [0.15, 0.2) is 0 Å². The van der Waals surface area contributed by atoms with Crippen LogP contribution in [0.3, 0.4) is 0 Å². The van der Waals surface area contributed by atoms with Crippen LogP contribution in [-0.2, 0) is 5.41 Å². The molecule has 72 valence electrons. The summed E-state index contributed by atoms with van der Waals surface area (Å²) in [5.41, 5.74) is 6.83. The molecule has 1 aromatic heterocycles. The van der Waals surface area contributed by atoms with E-state index in [4.69, 9.17) is 5.73 Å². The number of nitrogens with one attached hydrogen (secondary N) is 1. The molecule has 1 heterocycles. The van der Waals surface area contributed by atoms with Crippen LogP contribution in [0.15, 0.2) is 18.3 Å². The molecule has 0 radical (unpaired) electrons. The van der Waals surface area contributed by atoms with Crippen molar-refractivity contribution in [3.05, 3.63) is 23.9 Å². The summed E-state index contributed by atoms with van der Waals surface area (Å²) in [6.07, 6.45) is 1.84. The smallest absolute Gasteiger partial charge is 0.123 e. The van der Waals surface area contributed by atoms with Gasteiger partial charge in [0, 0.05) is 18.2 Å². The van der Waals surface area contributed by atoms with E-state index in [1.54, 1.807) is 0 Å². The highest BCUT2D eigenvalue weighted by molar-refractivity contribution is 5.32. The lowest BCUT2D eigenvalue weighted by Gasteiger charge is -2.24. The van der Waals surface area contributed by atoms with Crippen LogP contribution in [0.5, 0.6) is 0 Å². The first-order valence-corrected chi connectivity index (χ1v) is 4.43. The molecule has 0 aromatic carbocycles. The van der Waals surface area contributed by atoms with Crippen molar-refractivity contribution in [1.29, 1.82) is 0 Å². The first-order chi connectivity index (χ1) is 6.06. The van der Waals surface area contributed by atoms with Crippen molar-refractivity contribution in [2.75, 3.05) is 19.3 Å². The predicted molar refractivity (Wildman–Crippen MR) is 55.6 cm³/mol. The number of nitrogens with two attached hydrogens (primary N) is 1. The normalized spacial score (nSPS) is 11.6. The Morgan fingerprint density at radius 2 is 2.15 bits per heavy atom. The number of likely N-dealkylation sites (N-methyl/N-ethyl adjacent to an activating group) is 1. The van der Waals surface area contributed by atoms with Crippen molar-refractivity contribution in [2.24, 2.45) is 0 Å². The first-order valence-electron chi connectivity index (χ1n) is 4.43. The highest BCUT2D eigenvalue weighted by atomic mass is 14.8. The topological polar surface area (TPSA) is 50.9 Å². The van der Waals surface area contributed by atoms with E-state index < -0.39 is 0 Å². The molecule has 0 unspecified atom stereocenters. The minimum Gasteiger partial charge on any atom is -0.384 e. The number of nitrogens with zero attached hydrogens (tertiary/aromatic N) is 1. The maximum Gasteiger partial charge on any atom is 0.123 e.